The number of hydrogen-bond donors (Lipinski definition) is 1. The van der Waals surface area contributed by atoms with E-state index in [-0.39, 0.29) is 5.75 Å². The van der Waals surface area contributed by atoms with Crippen molar-refractivity contribution >= 4 is 28.1 Å². The molecule has 0 aliphatic heterocycles. The highest BCUT2D eigenvalue weighted by Crippen LogP contribution is 2.30. The zero-order valence-corrected chi connectivity index (χ0v) is 16.1. The lowest BCUT2D eigenvalue weighted by Crippen LogP contribution is -2.20. The minimum atomic E-state index is -4.57. The number of nitrogens with one attached hydrogen (secondary N) is 1. The molecule has 2 aromatic rings. The van der Waals surface area contributed by atoms with Crippen LogP contribution in [0.15, 0.2) is 18.2 Å². The summed E-state index contributed by atoms with van der Waals surface area (Å²) in [6.07, 6.45) is 1.40. The van der Waals surface area contributed by atoms with E-state index in [1.807, 2.05) is 0 Å². The molecule has 11 heteroatoms. The number of amides is 1. The molecule has 0 saturated heterocycles. The van der Waals surface area contributed by atoms with E-state index >= 15 is 0 Å². The summed E-state index contributed by atoms with van der Waals surface area (Å²) in [6.45, 7) is -1.56. The Balaban J connectivity index is 1.81. The fraction of sp³-hybridized carbons (Fsp3) is 0.444. The molecule has 1 aromatic carbocycles. The van der Waals surface area contributed by atoms with Crippen molar-refractivity contribution < 1.29 is 27.6 Å². The van der Waals surface area contributed by atoms with Gasteiger partial charge in [0.1, 0.15) is 11.3 Å². The first-order chi connectivity index (χ1) is 13.7. The van der Waals surface area contributed by atoms with E-state index in [0.29, 0.717) is 5.13 Å². The molecule has 0 radical (unpaired) electrons. The fourth-order valence-corrected chi connectivity index (χ4v) is 4.08. The van der Waals surface area contributed by atoms with Crippen molar-refractivity contribution in [1.82, 2.24) is 4.98 Å². The van der Waals surface area contributed by atoms with Crippen molar-refractivity contribution in [2.75, 3.05) is 11.9 Å². The molecule has 0 spiro atoms. The zero-order chi connectivity index (χ0) is 21.0. The average Bonchev–Trinajstić information content (AvgIpc) is 2.99. The average molecular weight is 429 g/mol. The van der Waals surface area contributed by atoms with Crippen LogP contribution in [0, 0.1) is 10.1 Å². The second kappa shape index (κ2) is 8.76. The van der Waals surface area contributed by atoms with Crippen molar-refractivity contribution in [2.45, 2.75) is 44.7 Å². The number of carbonyl (C=O) groups excluding carboxylic acids is 1. The van der Waals surface area contributed by atoms with E-state index in [1.54, 1.807) is 0 Å². The van der Waals surface area contributed by atoms with Crippen molar-refractivity contribution in [1.29, 1.82) is 0 Å². The molecule has 29 heavy (non-hydrogen) atoms. The van der Waals surface area contributed by atoms with E-state index < -0.39 is 34.9 Å². The molecule has 3 rings (SSSR count). The maximum atomic E-state index is 12.6. The van der Waals surface area contributed by atoms with Gasteiger partial charge in [-0.2, -0.15) is 13.2 Å². The highest BCUT2D eigenvalue weighted by molar-refractivity contribution is 7.15. The van der Waals surface area contributed by atoms with Gasteiger partial charge in [-0.1, -0.05) is 12.8 Å². The molecule has 1 aliphatic carbocycles. The lowest BCUT2D eigenvalue weighted by molar-refractivity contribution is -0.385. The van der Waals surface area contributed by atoms with Gasteiger partial charge < -0.3 is 4.74 Å². The molecule has 0 bridgehead atoms. The number of aromatic nitrogens is 1. The molecule has 7 nitrogen and oxygen atoms in total. The Bertz CT molecular complexity index is 889. The number of anilines is 1. The maximum Gasteiger partial charge on any atom is 0.422 e. The topological polar surface area (TPSA) is 94.4 Å². The second-order valence-electron chi connectivity index (χ2n) is 6.60. The van der Waals surface area contributed by atoms with Crippen LogP contribution >= 0.6 is 11.3 Å². The third kappa shape index (κ3) is 5.66. The number of nitrogens with zero attached hydrogens (tertiary/aromatic N) is 2. The van der Waals surface area contributed by atoms with E-state index in [0.717, 1.165) is 67.3 Å². The van der Waals surface area contributed by atoms with Crippen LogP contribution in [-0.2, 0) is 12.8 Å². The maximum absolute atomic E-state index is 12.6. The fourth-order valence-electron chi connectivity index (χ4n) is 3.03. The van der Waals surface area contributed by atoms with Gasteiger partial charge in [0.15, 0.2) is 11.7 Å². The van der Waals surface area contributed by atoms with Crippen LogP contribution in [0.3, 0.4) is 0 Å². The minimum absolute atomic E-state index is 0.288. The van der Waals surface area contributed by atoms with Gasteiger partial charge in [-0.25, -0.2) is 4.98 Å². The standard InChI is InChI=1S/C18H18F3N3O4S/c19-18(20,21)10-28-11-7-8-14(24(26)27)12(9-11)16(25)23-17-22-13-5-3-1-2-4-6-15(13)29-17/h7-9H,1-6,10H2,(H,22,23,25). The zero-order valence-electron chi connectivity index (χ0n) is 15.3. The van der Waals surface area contributed by atoms with Crippen LogP contribution in [-0.4, -0.2) is 28.6 Å². The second-order valence-corrected chi connectivity index (χ2v) is 7.68. The van der Waals surface area contributed by atoms with Crippen LogP contribution in [0.4, 0.5) is 24.0 Å². The van der Waals surface area contributed by atoms with Crippen molar-refractivity contribution in [3.8, 4) is 5.75 Å². The molecule has 1 aliphatic rings. The smallest absolute Gasteiger partial charge is 0.422 e. The van der Waals surface area contributed by atoms with Gasteiger partial charge >= 0.3 is 6.18 Å². The third-order valence-electron chi connectivity index (χ3n) is 4.38. The quantitative estimate of drug-likeness (QED) is 0.539. The Labute approximate surface area is 168 Å². The number of ether oxygens (including phenoxy) is 1. The predicted molar refractivity (Wildman–Crippen MR) is 101 cm³/mol. The Hall–Kier alpha value is -2.69. The summed E-state index contributed by atoms with van der Waals surface area (Å²) >= 11 is 1.32. The van der Waals surface area contributed by atoms with Gasteiger partial charge in [0.25, 0.3) is 11.6 Å². The lowest BCUT2D eigenvalue weighted by Gasteiger charge is -2.10. The molecule has 156 valence electrons. The molecule has 0 atom stereocenters. The summed E-state index contributed by atoms with van der Waals surface area (Å²) < 4.78 is 41.6. The molecule has 0 saturated carbocycles. The van der Waals surface area contributed by atoms with Gasteiger partial charge in [0.05, 0.1) is 10.6 Å². The van der Waals surface area contributed by atoms with E-state index in [9.17, 15) is 28.1 Å². The first-order valence-electron chi connectivity index (χ1n) is 9.01. The van der Waals surface area contributed by atoms with Crippen LogP contribution < -0.4 is 10.1 Å². The van der Waals surface area contributed by atoms with Crippen LogP contribution in [0.25, 0.3) is 0 Å². The van der Waals surface area contributed by atoms with E-state index in [2.05, 4.69) is 15.0 Å². The van der Waals surface area contributed by atoms with E-state index in [1.165, 1.54) is 11.3 Å². The van der Waals surface area contributed by atoms with Crippen molar-refractivity contribution in [3.63, 3.8) is 0 Å². The molecular formula is C18H18F3N3O4S. The number of aryl methyl sites for hydroxylation is 2. The number of nitro benzene ring substituents is 1. The summed E-state index contributed by atoms with van der Waals surface area (Å²) in [4.78, 5) is 28.6. The highest BCUT2D eigenvalue weighted by Gasteiger charge is 2.29. The lowest BCUT2D eigenvalue weighted by atomic mass is 10.0. The number of benzene rings is 1. The number of alkyl halides is 3. The Morgan fingerprint density at radius 3 is 2.66 bits per heavy atom. The number of thiazole rings is 1. The monoisotopic (exact) mass is 429 g/mol. The van der Waals surface area contributed by atoms with Gasteiger partial charge in [-0.05, 0) is 37.8 Å². The van der Waals surface area contributed by atoms with E-state index in [4.69, 9.17) is 0 Å². The molecule has 1 aromatic heterocycles. The molecule has 1 N–H and O–H groups in total. The third-order valence-corrected chi connectivity index (χ3v) is 5.45. The molecule has 0 unspecified atom stereocenters. The SMILES string of the molecule is O=C(Nc1nc2c(s1)CCCCCC2)c1cc(OCC(F)(F)F)ccc1[N+](=O)[O-]. The summed E-state index contributed by atoms with van der Waals surface area (Å²) in [5.74, 6) is -1.11. The van der Waals surface area contributed by atoms with Gasteiger partial charge in [0, 0.05) is 10.9 Å². The highest BCUT2D eigenvalue weighted by atomic mass is 32.1. The first kappa shape index (κ1) is 21.0. The van der Waals surface area contributed by atoms with Crippen molar-refractivity contribution in [3.05, 3.63) is 44.4 Å². The van der Waals surface area contributed by atoms with Crippen LogP contribution in [0.2, 0.25) is 0 Å². The minimum Gasteiger partial charge on any atom is -0.484 e. The number of rotatable bonds is 5. The molecular weight excluding hydrogens is 411 g/mol. The van der Waals surface area contributed by atoms with Gasteiger partial charge in [-0.3, -0.25) is 20.2 Å². The van der Waals surface area contributed by atoms with Gasteiger partial charge in [-0.15, -0.1) is 11.3 Å². The Kier molecular flexibility index (Phi) is 6.36. The number of fused-ring (bicyclic) bond motifs is 1. The summed E-state index contributed by atoms with van der Waals surface area (Å²) in [5, 5.41) is 14.1. The Morgan fingerprint density at radius 2 is 1.97 bits per heavy atom. The summed E-state index contributed by atoms with van der Waals surface area (Å²) in [7, 11) is 0. The number of carbonyl (C=O) groups is 1. The van der Waals surface area contributed by atoms with Gasteiger partial charge in [0.2, 0.25) is 0 Å². The number of halogens is 3. The first-order valence-corrected chi connectivity index (χ1v) is 9.82. The normalized spacial score (nSPS) is 14.4. The molecule has 1 amide bonds. The van der Waals surface area contributed by atoms with Crippen LogP contribution in [0.1, 0.15) is 46.6 Å². The predicted octanol–water partition coefficient (Wildman–Crippen LogP) is 4.90. The summed E-state index contributed by atoms with van der Waals surface area (Å²) in [5.41, 5.74) is -0.00386. The summed E-state index contributed by atoms with van der Waals surface area (Å²) in [6, 6.07) is 2.90. The van der Waals surface area contributed by atoms with Crippen LogP contribution in [0.5, 0.6) is 5.75 Å². The molecule has 0 fully saturated rings. The largest absolute Gasteiger partial charge is 0.484 e. The number of nitro groups is 1. The Morgan fingerprint density at radius 1 is 1.24 bits per heavy atom. The molecule has 1 heterocycles. The van der Waals surface area contributed by atoms with Crippen molar-refractivity contribution in [2.24, 2.45) is 0 Å². The number of hydrogen-bond acceptors (Lipinski definition) is 6.